The number of urea groups is 1. The first-order chi connectivity index (χ1) is 11.5. The van der Waals surface area contributed by atoms with Gasteiger partial charge >= 0.3 is 6.03 Å². The molecule has 1 aromatic carbocycles. The van der Waals surface area contributed by atoms with Gasteiger partial charge in [0.15, 0.2) is 0 Å². The molecule has 9 heteroatoms. The van der Waals surface area contributed by atoms with Crippen molar-refractivity contribution in [1.82, 2.24) is 15.2 Å². The van der Waals surface area contributed by atoms with E-state index < -0.39 is 22.8 Å². The molecule has 0 unspecified atom stereocenters. The first-order valence-corrected chi connectivity index (χ1v) is 6.76. The molecule has 0 radical (unpaired) electrons. The highest BCUT2D eigenvalue weighted by Gasteiger charge is 2.28. The van der Waals surface area contributed by atoms with Crippen LogP contribution in [0.4, 0.5) is 10.5 Å². The van der Waals surface area contributed by atoms with Crippen LogP contribution in [0.2, 0.25) is 0 Å². The van der Waals surface area contributed by atoms with Crippen molar-refractivity contribution in [3.63, 3.8) is 0 Å². The second-order valence-corrected chi connectivity index (χ2v) is 4.88. The minimum Gasteiger partial charge on any atom is -0.317 e. The number of carbonyl (C=O) groups is 3. The van der Waals surface area contributed by atoms with Gasteiger partial charge in [-0.15, -0.1) is 0 Å². The van der Waals surface area contributed by atoms with Crippen molar-refractivity contribution in [1.29, 1.82) is 0 Å². The Kier molecular flexibility index (Phi) is 3.66. The summed E-state index contributed by atoms with van der Waals surface area (Å²) < 4.78 is 1.58. The molecule has 1 fully saturated rings. The summed E-state index contributed by atoms with van der Waals surface area (Å²) in [5.74, 6) is -1.62. The van der Waals surface area contributed by atoms with Crippen LogP contribution in [0.25, 0.3) is 11.8 Å². The van der Waals surface area contributed by atoms with Gasteiger partial charge in [-0.2, -0.15) is 0 Å². The van der Waals surface area contributed by atoms with Crippen LogP contribution < -0.4 is 10.6 Å². The Hall–Kier alpha value is -3.75. The number of benzene rings is 1. The van der Waals surface area contributed by atoms with Crippen molar-refractivity contribution >= 4 is 29.6 Å². The Morgan fingerprint density at radius 1 is 1.04 bits per heavy atom. The molecule has 4 amide bonds. The van der Waals surface area contributed by atoms with Crippen LogP contribution in [-0.4, -0.2) is 27.3 Å². The number of hydrogen-bond donors (Lipinski definition) is 2. The fourth-order valence-corrected chi connectivity index (χ4v) is 2.26. The maximum atomic E-state index is 11.8. The van der Waals surface area contributed by atoms with Gasteiger partial charge in [-0.3, -0.25) is 30.3 Å². The third-order valence-electron chi connectivity index (χ3n) is 3.33. The number of carbonyl (C=O) groups excluding carboxylic acids is 3. The lowest BCUT2D eigenvalue weighted by molar-refractivity contribution is -0.384. The summed E-state index contributed by atoms with van der Waals surface area (Å²) in [7, 11) is 0. The van der Waals surface area contributed by atoms with Gasteiger partial charge in [0.2, 0.25) is 0 Å². The van der Waals surface area contributed by atoms with Crippen LogP contribution in [0.5, 0.6) is 0 Å². The maximum absolute atomic E-state index is 11.8. The molecule has 0 bridgehead atoms. The molecular formula is C15H10N4O5. The molecule has 0 saturated carbocycles. The van der Waals surface area contributed by atoms with Crippen LogP contribution >= 0.6 is 0 Å². The van der Waals surface area contributed by atoms with Gasteiger partial charge < -0.3 is 4.57 Å². The van der Waals surface area contributed by atoms with Crippen LogP contribution in [-0.2, 0) is 9.59 Å². The van der Waals surface area contributed by atoms with E-state index in [1.807, 2.05) is 10.6 Å². The predicted octanol–water partition coefficient (Wildman–Crippen LogP) is 1.13. The highest BCUT2D eigenvalue weighted by Crippen LogP contribution is 2.20. The maximum Gasteiger partial charge on any atom is 0.328 e. The van der Waals surface area contributed by atoms with E-state index in [2.05, 4.69) is 0 Å². The summed E-state index contributed by atoms with van der Waals surface area (Å²) in [6.45, 7) is 0. The summed E-state index contributed by atoms with van der Waals surface area (Å²) in [6.07, 6.45) is 2.94. The molecule has 2 heterocycles. The van der Waals surface area contributed by atoms with E-state index in [0.717, 1.165) is 0 Å². The number of aromatic nitrogens is 1. The van der Waals surface area contributed by atoms with Crippen molar-refractivity contribution in [2.75, 3.05) is 0 Å². The number of nitrogens with zero attached hydrogens (tertiary/aromatic N) is 2. The Morgan fingerprint density at radius 2 is 1.75 bits per heavy atom. The lowest BCUT2D eigenvalue weighted by atomic mass is 10.1. The second-order valence-electron chi connectivity index (χ2n) is 4.88. The highest BCUT2D eigenvalue weighted by atomic mass is 16.6. The number of barbiturate groups is 1. The fraction of sp³-hybridized carbons (Fsp3) is 0. The Morgan fingerprint density at radius 3 is 2.42 bits per heavy atom. The Balaban J connectivity index is 2.02. The predicted molar refractivity (Wildman–Crippen MR) is 82.1 cm³/mol. The molecule has 24 heavy (non-hydrogen) atoms. The molecule has 0 spiro atoms. The SMILES string of the molecule is O=C1NC(=O)C(=Cc2cccn2-c2cccc([N+](=O)[O-])c2)C(=O)N1. The first-order valence-electron chi connectivity index (χ1n) is 6.76. The van der Waals surface area contributed by atoms with Crippen molar-refractivity contribution in [2.24, 2.45) is 0 Å². The highest BCUT2D eigenvalue weighted by molar-refractivity contribution is 6.31. The molecule has 120 valence electrons. The first kappa shape index (κ1) is 15.2. The average Bonchev–Trinajstić information content (AvgIpc) is 2.99. The number of nitro groups is 1. The number of nitro benzene ring substituents is 1. The topological polar surface area (TPSA) is 123 Å². The molecule has 1 saturated heterocycles. The van der Waals surface area contributed by atoms with Gasteiger partial charge in [-0.1, -0.05) is 6.07 Å². The largest absolute Gasteiger partial charge is 0.328 e. The molecule has 0 aliphatic carbocycles. The van der Waals surface area contributed by atoms with Gasteiger partial charge in [0.05, 0.1) is 10.6 Å². The quantitative estimate of drug-likeness (QED) is 0.379. The lowest BCUT2D eigenvalue weighted by Gasteiger charge is -2.14. The van der Waals surface area contributed by atoms with E-state index in [9.17, 15) is 24.5 Å². The molecule has 1 aliphatic heterocycles. The summed E-state index contributed by atoms with van der Waals surface area (Å²) in [4.78, 5) is 45.0. The molecule has 3 rings (SSSR count). The summed E-state index contributed by atoms with van der Waals surface area (Å²) in [5, 5.41) is 14.8. The molecule has 2 N–H and O–H groups in total. The molecule has 9 nitrogen and oxygen atoms in total. The van der Waals surface area contributed by atoms with E-state index >= 15 is 0 Å². The van der Waals surface area contributed by atoms with Crippen LogP contribution in [0.1, 0.15) is 5.69 Å². The zero-order chi connectivity index (χ0) is 17.3. The van der Waals surface area contributed by atoms with Crippen molar-refractivity contribution in [2.45, 2.75) is 0 Å². The molecule has 0 atom stereocenters. The van der Waals surface area contributed by atoms with Crippen molar-refractivity contribution < 1.29 is 19.3 Å². The van der Waals surface area contributed by atoms with Gasteiger partial charge in [-0.05, 0) is 24.3 Å². The third kappa shape index (κ3) is 2.77. The fourth-order valence-electron chi connectivity index (χ4n) is 2.26. The van der Waals surface area contributed by atoms with E-state index in [-0.39, 0.29) is 11.3 Å². The standard InChI is InChI=1S/C15H10N4O5/c20-13-12(14(21)17-15(22)16-13)8-10-5-2-6-18(10)9-3-1-4-11(7-9)19(23)24/h1-8H,(H2,16,17,20,21,22). The van der Waals surface area contributed by atoms with Crippen LogP contribution in [0, 0.1) is 10.1 Å². The minimum absolute atomic E-state index is 0.0847. The van der Waals surface area contributed by atoms with Gasteiger partial charge in [0.25, 0.3) is 17.5 Å². The summed E-state index contributed by atoms with van der Waals surface area (Å²) >= 11 is 0. The smallest absolute Gasteiger partial charge is 0.317 e. The van der Waals surface area contributed by atoms with Gasteiger partial charge in [0, 0.05) is 24.0 Å². The monoisotopic (exact) mass is 326 g/mol. The van der Waals surface area contributed by atoms with E-state index in [4.69, 9.17) is 0 Å². The van der Waals surface area contributed by atoms with E-state index in [1.165, 1.54) is 24.3 Å². The third-order valence-corrected chi connectivity index (χ3v) is 3.33. The number of imide groups is 2. The molecule has 1 aromatic heterocycles. The number of nitrogens with one attached hydrogen (secondary N) is 2. The zero-order valence-electron chi connectivity index (χ0n) is 12.1. The van der Waals surface area contributed by atoms with Crippen molar-refractivity contribution in [3.05, 3.63) is 64.0 Å². The zero-order valence-corrected chi connectivity index (χ0v) is 12.1. The van der Waals surface area contributed by atoms with E-state index in [1.54, 1.807) is 29.0 Å². The molecular weight excluding hydrogens is 316 g/mol. The van der Waals surface area contributed by atoms with E-state index in [0.29, 0.717) is 11.4 Å². The number of non-ortho nitro benzene ring substituents is 1. The Bertz CT molecular complexity index is 890. The normalized spacial score (nSPS) is 14.2. The lowest BCUT2D eigenvalue weighted by Crippen LogP contribution is -2.51. The van der Waals surface area contributed by atoms with Gasteiger partial charge in [0.1, 0.15) is 5.57 Å². The van der Waals surface area contributed by atoms with Gasteiger partial charge in [-0.25, -0.2) is 4.79 Å². The molecule has 1 aliphatic rings. The second kappa shape index (κ2) is 5.80. The number of hydrogen-bond acceptors (Lipinski definition) is 5. The Labute approximate surface area is 134 Å². The average molecular weight is 326 g/mol. The molecule has 2 aromatic rings. The number of amides is 4. The summed E-state index contributed by atoms with van der Waals surface area (Å²) in [5.41, 5.74) is 0.623. The van der Waals surface area contributed by atoms with Crippen molar-refractivity contribution in [3.8, 4) is 5.69 Å². The van der Waals surface area contributed by atoms with Crippen LogP contribution in [0.3, 0.4) is 0 Å². The summed E-state index contributed by atoms with van der Waals surface area (Å²) in [6, 6.07) is 8.32. The number of rotatable bonds is 3. The van der Waals surface area contributed by atoms with Crippen LogP contribution in [0.15, 0.2) is 48.2 Å². The minimum atomic E-state index is -0.879.